The summed E-state index contributed by atoms with van der Waals surface area (Å²) in [6.07, 6.45) is -0.145. The van der Waals surface area contributed by atoms with Crippen molar-refractivity contribution >= 4 is 50.0 Å². The Morgan fingerprint density at radius 1 is 1.19 bits per heavy atom. The van der Waals surface area contributed by atoms with Crippen LogP contribution >= 0.6 is 22.6 Å². The molecule has 0 radical (unpaired) electrons. The lowest BCUT2D eigenvalue weighted by Crippen LogP contribution is -2.32. The van der Waals surface area contributed by atoms with Gasteiger partial charge in [-0.15, -0.1) is 0 Å². The zero-order chi connectivity index (χ0) is 19.3. The van der Waals surface area contributed by atoms with E-state index in [4.69, 9.17) is 5.11 Å². The van der Waals surface area contributed by atoms with Gasteiger partial charge in [-0.3, -0.25) is 19.2 Å². The second kappa shape index (κ2) is 8.45. The molecule has 0 saturated carbocycles. The summed E-state index contributed by atoms with van der Waals surface area (Å²) in [5.74, 6) is -1.05. The van der Waals surface area contributed by atoms with Crippen molar-refractivity contribution in [3.05, 3.63) is 62.2 Å². The first-order valence-corrected chi connectivity index (χ1v) is 9.99. The van der Waals surface area contributed by atoms with Crippen LogP contribution in [-0.2, 0) is 14.8 Å². The summed E-state index contributed by atoms with van der Waals surface area (Å²) in [7, 11) is -4.25. The molecule has 0 aliphatic heterocycles. The number of rotatable bonds is 8. The van der Waals surface area contributed by atoms with Gasteiger partial charge >= 0.3 is 5.97 Å². The maximum atomic E-state index is 13.1. The highest BCUT2D eigenvalue weighted by molar-refractivity contribution is 14.1. The molecule has 2 rings (SSSR count). The summed E-state index contributed by atoms with van der Waals surface area (Å²) >= 11 is 2.02. The largest absolute Gasteiger partial charge is 0.481 e. The van der Waals surface area contributed by atoms with Crippen molar-refractivity contribution in [1.29, 1.82) is 0 Å². The molecule has 138 valence electrons. The smallest absolute Gasteiger partial charge is 0.303 e. The molecule has 26 heavy (non-hydrogen) atoms. The van der Waals surface area contributed by atoms with Gasteiger partial charge in [-0.05, 0) is 53.3 Å². The highest BCUT2D eigenvalue weighted by atomic mass is 127. The van der Waals surface area contributed by atoms with Crippen LogP contribution in [-0.4, -0.2) is 31.0 Å². The van der Waals surface area contributed by atoms with Crippen molar-refractivity contribution in [2.24, 2.45) is 0 Å². The number of hydrogen-bond acceptors (Lipinski definition) is 5. The number of para-hydroxylation sites is 1. The number of hydrogen-bond donors (Lipinski definition) is 1. The van der Waals surface area contributed by atoms with Crippen LogP contribution in [0.4, 0.5) is 11.4 Å². The van der Waals surface area contributed by atoms with E-state index in [-0.39, 0.29) is 19.4 Å². The van der Waals surface area contributed by atoms with E-state index in [1.807, 2.05) is 22.6 Å². The average Bonchev–Trinajstić information content (AvgIpc) is 2.58. The third-order valence-electron chi connectivity index (χ3n) is 3.48. The third kappa shape index (κ3) is 4.69. The fourth-order valence-electron chi connectivity index (χ4n) is 2.34. The van der Waals surface area contributed by atoms with Crippen molar-refractivity contribution < 1.29 is 23.2 Å². The summed E-state index contributed by atoms with van der Waals surface area (Å²) in [5, 5.41) is 20.0. The number of nitrogens with zero attached hydrogens (tertiary/aromatic N) is 2. The van der Waals surface area contributed by atoms with Gasteiger partial charge in [-0.25, -0.2) is 8.42 Å². The second-order valence-corrected chi connectivity index (χ2v) is 8.36. The van der Waals surface area contributed by atoms with E-state index < -0.39 is 31.5 Å². The zero-order valence-corrected chi connectivity index (χ0v) is 16.4. The summed E-state index contributed by atoms with van der Waals surface area (Å²) in [5.41, 5.74) is -0.207. The predicted molar refractivity (Wildman–Crippen MR) is 104 cm³/mol. The van der Waals surface area contributed by atoms with E-state index >= 15 is 0 Å². The van der Waals surface area contributed by atoms with Gasteiger partial charge in [0.1, 0.15) is 0 Å². The minimum absolute atomic E-state index is 0.0701. The van der Waals surface area contributed by atoms with E-state index in [1.54, 1.807) is 24.3 Å². The minimum atomic E-state index is -4.25. The van der Waals surface area contributed by atoms with E-state index in [0.717, 1.165) is 13.9 Å². The topological polar surface area (TPSA) is 118 Å². The molecule has 0 aromatic heterocycles. The second-order valence-electron chi connectivity index (χ2n) is 5.28. The van der Waals surface area contributed by atoms with Gasteiger partial charge in [-0.2, -0.15) is 0 Å². The number of aliphatic carboxylic acids is 1. The summed E-state index contributed by atoms with van der Waals surface area (Å²) in [6, 6.07) is 11.7. The molecule has 0 unspecified atom stereocenters. The lowest BCUT2D eigenvalue weighted by Gasteiger charge is -2.24. The van der Waals surface area contributed by atoms with Crippen molar-refractivity contribution in [2.75, 3.05) is 10.8 Å². The van der Waals surface area contributed by atoms with Crippen LogP contribution in [0.1, 0.15) is 12.8 Å². The van der Waals surface area contributed by atoms with Gasteiger partial charge in [0.15, 0.2) is 4.90 Å². The van der Waals surface area contributed by atoms with E-state index in [1.165, 1.54) is 18.2 Å². The van der Waals surface area contributed by atoms with Crippen LogP contribution in [0.25, 0.3) is 0 Å². The van der Waals surface area contributed by atoms with Crippen molar-refractivity contribution in [3.63, 3.8) is 0 Å². The number of nitro groups is 1. The molecule has 0 aliphatic carbocycles. The summed E-state index contributed by atoms with van der Waals surface area (Å²) in [4.78, 5) is 20.8. The highest BCUT2D eigenvalue weighted by Gasteiger charge is 2.31. The van der Waals surface area contributed by atoms with Crippen LogP contribution < -0.4 is 4.31 Å². The Labute approximate surface area is 163 Å². The Hall–Kier alpha value is -2.21. The first-order chi connectivity index (χ1) is 12.2. The number of benzene rings is 2. The molecule has 0 spiro atoms. The molecular formula is C16H15IN2O6S. The summed E-state index contributed by atoms with van der Waals surface area (Å²) in [6.45, 7) is -0.110. The van der Waals surface area contributed by atoms with E-state index in [9.17, 15) is 23.3 Å². The van der Waals surface area contributed by atoms with Crippen LogP contribution in [0, 0.1) is 13.7 Å². The Balaban J connectivity index is 2.53. The Kier molecular flexibility index (Phi) is 6.53. The maximum absolute atomic E-state index is 13.1. The first-order valence-electron chi connectivity index (χ1n) is 7.47. The number of sulfonamides is 1. The van der Waals surface area contributed by atoms with Gasteiger partial charge in [0.25, 0.3) is 15.7 Å². The van der Waals surface area contributed by atoms with Gasteiger partial charge < -0.3 is 5.11 Å². The molecule has 8 nitrogen and oxygen atoms in total. The Morgan fingerprint density at radius 2 is 1.88 bits per heavy atom. The molecule has 2 aromatic rings. The zero-order valence-electron chi connectivity index (χ0n) is 13.4. The molecule has 0 atom stereocenters. The Bertz CT molecular complexity index is 932. The number of carbonyl (C=O) groups is 1. The number of carboxylic acids is 1. The monoisotopic (exact) mass is 490 g/mol. The molecule has 0 aliphatic rings. The molecular weight excluding hydrogens is 475 g/mol. The predicted octanol–water partition coefficient (Wildman–Crippen LogP) is 3.26. The van der Waals surface area contributed by atoms with Crippen molar-refractivity contribution in [3.8, 4) is 0 Å². The number of carboxylic acid groups (broad SMARTS) is 1. The van der Waals surface area contributed by atoms with Gasteiger partial charge in [0, 0.05) is 22.6 Å². The fourth-order valence-corrected chi connectivity index (χ4v) is 4.52. The summed E-state index contributed by atoms with van der Waals surface area (Å²) < 4.78 is 28.0. The number of nitro benzene ring substituents is 1. The van der Waals surface area contributed by atoms with Crippen LogP contribution in [0.15, 0.2) is 53.4 Å². The van der Waals surface area contributed by atoms with Gasteiger partial charge in [-0.1, -0.05) is 18.2 Å². The molecule has 0 saturated heterocycles. The normalized spacial score (nSPS) is 11.1. The molecule has 1 N–H and O–H groups in total. The molecule has 0 bridgehead atoms. The lowest BCUT2D eigenvalue weighted by molar-refractivity contribution is -0.387. The maximum Gasteiger partial charge on any atom is 0.303 e. The van der Waals surface area contributed by atoms with Gasteiger partial charge in [0.05, 0.1) is 10.6 Å². The Morgan fingerprint density at radius 3 is 2.50 bits per heavy atom. The quantitative estimate of drug-likeness (QED) is 0.345. The van der Waals surface area contributed by atoms with Gasteiger partial charge in [0.2, 0.25) is 0 Å². The molecule has 0 fully saturated rings. The third-order valence-corrected chi connectivity index (χ3v) is 6.02. The van der Waals surface area contributed by atoms with Crippen molar-refractivity contribution in [1.82, 2.24) is 0 Å². The van der Waals surface area contributed by atoms with Crippen LogP contribution in [0.2, 0.25) is 0 Å². The van der Waals surface area contributed by atoms with Crippen LogP contribution in [0.3, 0.4) is 0 Å². The standard InChI is InChI=1S/C16H15IN2O6S/c17-12-5-3-6-13(11-12)18(10-4-9-16(20)21)26(24,25)15-8-2-1-7-14(15)19(22)23/h1-3,5-8,11H,4,9-10H2,(H,20,21). The molecule has 0 heterocycles. The average molecular weight is 490 g/mol. The molecule has 2 aromatic carbocycles. The van der Waals surface area contributed by atoms with Crippen molar-refractivity contribution in [2.45, 2.75) is 17.7 Å². The highest BCUT2D eigenvalue weighted by Crippen LogP contribution is 2.30. The fraction of sp³-hybridized carbons (Fsp3) is 0.188. The first kappa shape index (κ1) is 20.1. The molecule has 0 amide bonds. The minimum Gasteiger partial charge on any atom is -0.481 e. The molecule has 10 heteroatoms. The lowest BCUT2D eigenvalue weighted by atomic mass is 10.3. The van der Waals surface area contributed by atoms with Crippen LogP contribution in [0.5, 0.6) is 0 Å². The van der Waals surface area contributed by atoms with E-state index in [2.05, 4.69) is 0 Å². The number of halogens is 1. The SMILES string of the molecule is O=C(O)CCCN(c1cccc(I)c1)S(=O)(=O)c1ccccc1[N+](=O)[O-]. The van der Waals surface area contributed by atoms with E-state index in [0.29, 0.717) is 5.69 Å². The number of anilines is 1.